The minimum absolute atomic E-state index is 0.141. The van der Waals surface area contributed by atoms with Gasteiger partial charge in [0, 0.05) is 19.3 Å². The maximum atomic E-state index is 12.0. The van der Waals surface area contributed by atoms with Crippen LogP contribution in [-0.2, 0) is 19.1 Å². The number of methoxy groups -OCH3 is 1. The first-order chi connectivity index (χ1) is 14.5. The van der Waals surface area contributed by atoms with Crippen molar-refractivity contribution in [1.82, 2.24) is 0 Å². The predicted octanol–water partition coefficient (Wildman–Crippen LogP) is 6.87. The van der Waals surface area contributed by atoms with Crippen LogP contribution in [0.3, 0.4) is 0 Å². The van der Waals surface area contributed by atoms with Crippen molar-refractivity contribution in [2.45, 2.75) is 91.1 Å². The third-order valence-corrected chi connectivity index (χ3v) is 4.36. The van der Waals surface area contributed by atoms with Gasteiger partial charge in [0.15, 0.2) is 0 Å². The van der Waals surface area contributed by atoms with E-state index in [1.807, 2.05) is 32.1 Å². The van der Waals surface area contributed by atoms with Crippen molar-refractivity contribution in [3.63, 3.8) is 0 Å². The average molecular weight is 419 g/mol. The molecule has 0 radical (unpaired) electrons. The maximum Gasteiger partial charge on any atom is 0.306 e. The number of ether oxygens (including phenoxy) is 2. The minimum atomic E-state index is -0.225. The fourth-order valence-electron chi connectivity index (χ4n) is 2.68. The molecule has 0 N–H and O–H groups in total. The summed E-state index contributed by atoms with van der Waals surface area (Å²) >= 11 is 0. The third kappa shape index (κ3) is 19.2. The zero-order valence-electron chi connectivity index (χ0n) is 19.5. The highest BCUT2D eigenvalue weighted by atomic mass is 16.5. The topological polar surface area (TPSA) is 52.6 Å². The van der Waals surface area contributed by atoms with Crippen LogP contribution in [0.1, 0.15) is 85.0 Å². The van der Waals surface area contributed by atoms with Crippen LogP contribution in [0.2, 0.25) is 0 Å². The molecule has 30 heavy (non-hydrogen) atoms. The average Bonchev–Trinajstić information content (AvgIpc) is 2.70. The number of rotatable bonds is 17. The van der Waals surface area contributed by atoms with Crippen LogP contribution < -0.4 is 0 Å². The van der Waals surface area contributed by atoms with E-state index in [1.54, 1.807) is 0 Å². The van der Waals surface area contributed by atoms with Gasteiger partial charge in [-0.2, -0.15) is 0 Å². The van der Waals surface area contributed by atoms with Gasteiger partial charge in [0.25, 0.3) is 0 Å². The Hall–Kier alpha value is -2.10. The van der Waals surface area contributed by atoms with Crippen LogP contribution in [0.15, 0.2) is 48.6 Å². The van der Waals surface area contributed by atoms with E-state index in [1.165, 1.54) is 26.4 Å². The van der Waals surface area contributed by atoms with Crippen molar-refractivity contribution in [2.24, 2.45) is 5.92 Å². The van der Waals surface area contributed by atoms with Crippen LogP contribution in [-0.4, -0.2) is 25.2 Å². The van der Waals surface area contributed by atoms with Gasteiger partial charge in [-0.3, -0.25) is 9.59 Å². The summed E-state index contributed by atoms with van der Waals surface area (Å²) < 4.78 is 10.2. The Bertz CT molecular complexity index is 555. The fraction of sp³-hybridized carbons (Fsp3) is 0.615. The molecule has 4 nitrogen and oxygen atoms in total. The molecule has 4 heteroatoms. The van der Waals surface area contributed by atoms with Gasteiger partial charge in [-0.1, -0.05) is 76.1 Å². The second-order valence-electron chi connectivity index (χ2n) is 7.82. The van der Waals surface area contributed by atoms with E-state index in [2.05, 4.69) is 42.0 Å². The Morgan fingerprint density at radius 2 is 1.60 bits per heavy atom. The fourth-order valence-corrected chi connectivity index (χ4v) is 2.68. The molecule has 0 saturated carbocycles. The van der Waals surface area contributed by atoms with Crippen molar-refractivity contribution < 1.29 is 19.1 Å². The van der Waals surface area contributed by atoms with Gasteiger partial charge >= 0.3 is 11.9 Å². The highest BCUT2D eigenvalue weighted by Gasteiger charge is 2.11. The van der Waals surface area contributed by atoms with E-state index < -0.39 is 0 Å². The Labute approximate surface area is 184 Å². The predicted molar refractivity (Wildman–Crippen MR) is 125 cm³/mol. The van der Waals surface area contributed by atoms with Crippen molar-refractivity contribution in [3.05, 3.63) is 48.6 Å². The SMILES string of the molecule is CCCCC/C=C\C[C@H](/C=C/C=C\C/C=C\CCCC(=O)OC)OC(=O)CC(C)C. The van der Waals surface area contributed by atoms with Gasteiger partial charge in [0.1, 0.15) is 6.10 Å². The summed E-state index contributed by atoms with van der Waals surface area (Å²) in [6.07, 6.45) is 25.1. The molecule has 0 spiro atoms. The molecule has 0 amide bonds. The van der Waals surface area contributed by atoms with E-state index in [4.69, 9.17) is 4.74 Å². The molecule has 0 fully saturated rings. The monoisotopic (exact) mass is 418 g/mol. The number of hydrogen-bond donors (Lipinski definition) is 0. The number of esters is 2. The number of hydrogen-bond acceptors (Lipinski definition) is 4. The molecular formula is C26H42O4. The van der Waals surface area contributed by atoms with E-state index in [9.17, 15) is 9.59 Å². The summed E-state index contributed by atoms with van der Waals surface area (Å²) in [5.74, 6) is -0.00296. The van der Waals surface area contributed by atoms with Crippen LogP contribution in [0, 0.1) is 5.92 Å². The molecule has 0 heterocycles. The molecule has 0 aliphatic carbocycles. The Morgan fingerprint density at radius 3 is 2.30 bits per heavy atom. The molecule has 0 aliphatic heterocycles. The molecule has 1 atom stereocenters. The molecular weight excluding hydrogens is 376 g/mol. The number of allylic oxidation sites excluding steroid dienone is 6. The van der Waals surface area contributed by atoms with Crippen LogP contribution in [0.25, 0.3) is 0 Å². The van der Waals surface area contributed by atoms with Gasteiger partial charge in [-0.15, -0.1) is 0 Å². The lowest BCUT2D eigenvalue weighted by Crippen LogP contribution is -2.16. The first-order valence-electron chi connectivity index (χ1n) is 11.4. The van der Waals surface area contributed by atoms with Crippen molar-refractivity contribution in [1.29, 1.82) is 0 Å². The normalized spacial score (nSPS) is 13.2. The second kappa shape index (κ2) is 20.2. The van der Waals surface area contributed by atoms with Gasteiger partial charge in [0.2, 0.25) is 0 Å². The highest BCUT2D eigenvalue weighted by Crippen LogP contribution is 2.09. The van der Waals surface area contributed by atoms with Crippen molar-refractivity contribution >= 4 is 11.9 Å². The smallest absolute Gasteiger partial charge is 0.306 e. The molecule has 0 aromatic rings. The zero-order valence-corrected chi connectivity index (χ0v) is 19.5. The second-order valence-corrected chi connectivity index (χ2v) is 7.82. The van der Waals surface area contributed by atoms with E-state index in [0.29, 0.717) is 25.2 Å². The number of unbranched alkanes of at least 4 members (excludes halogenated alkanes) is 4. The minimum Gasteiger partial charge on any atom is -0.469 e. The maximum absolute atomic E-state index is 12.0. The molecule has 0 aromatic carbocycles. The summed E-state index contributed by atoms with van der Waals surface area (Å²) in [6.45, 7) is 6.24. The zero-order chi connectivity index (χ0) is 22.5. The first kappa shape index (κ1) is 27.9. The Balaban J connectivity index is 4.36. The quantitative estimate of drug-likeness (QED) is 0.112. The van der Waals surface area contributed by atoms with E-state index in [0.717, 1.165) is 25.7 Å². The molecule has 0 saturated heterocycles. The van der Waals surface area contributed by atoms with Gasteiger partial charge in [-0.05, 0) is 44.1 Å². The van der Waals surface area contributed by atoms with Gasteiger partial charge in [-0.25, -0.2) is 0 Å². The lowest BCUT2D eigenvalue weighted by Gasteiger charge is -2.13. The lowest BCUT2D eigenvalue weighted by atomic mass is 10.1. The lowest BCUT2D eigenvalue weighted by molar-refractivity contribution is -0.147. The highest BCUT2D eigenvalue weighted by molar-refractivity contribution is 5.70. The third-order valence-electron chi connectivity index (χ3n) is 4.36. The summed E-state index contributed by atoms with van der Waals surface area (Å²) in [5, 5.41) is 0. The Morgan fingerprint density at radius 1 is 0.867 bits per heavy atom. The van der Waals surface area contributed by atoms with Gasteiger partial charge < -0.3 is 9.47 Å². The number of carbonyl (C=O) groups is 2. The van der Waals surface area contributed by atoms with Crippen molar-refractivity contribution in [2.75, 3.05) is 7.11 Å². The number of carbonyl (C=O) groups excluding carboxylic acids is 2. The Kier molecular flexibility index (Phi) is 18.8. The molecule has 0 unspecified atom stereocenters. The molecule has 170 valence electrons. The standard InChI is InChI=1S/C26H42O4/c1-5-6-7-8-13-16-19-24(30-26(28)22-23(2)3)20-17-14-11-9-10-12-15-18-21-25(27)29-4/h10-14,16-17,20,23-24H,5-9,15,18-19,21-22H2,1-4H3/b12-10-,14-11-,16-13-,20-17+/t24-/m1/s1. The largest absolute Gasteiger partial charge is 0.469 e. The first-order valence-corrected chi connectivity index (χ1v) is 11.4. The molecule has 0 rings (SSSR count). The summed E-state index contributed by atoms with van der Waals surface area (Å²) in [4.78, 5) is 23.0. The summed E-state index contributed by atoms with van der Waals surface area (Å²) in [7, 11) is 1.41. The summed E-state index contributed by atoms with van der Waals surface area (Å²) in [5.41, 5.74) is 0. The van der Waals surface area contributed by atoms with Crippen LogP contribution in [0.4, 0.5) is 0 Å². The van der Waals surface area contributed by atoms with E-state index >= 15 is 0 Å². The van der Waals surface area contributed by atoms with Crippen LogP contribution in [0.5, 0.6) is 0 Å². The van der Waals surface area contributed by atoms with Crippen molar-refractivity contribution in [3.8, 4) is 0 Å². The van der Waals surface area contributed by atoms with E-state index in [-0.39, 0.29) is 18.0 Å². The summed E-state index contributed by atoms with van der Waals surface area (Å²) in [6, 6.07) is 0. The molecule has 0 aromatic heterocycles. The van der Waals surface area contributed by atoms with Crippen LogP contribution >= 0.6 is 0 Å². The van der Waals surface area contributed by atoms with Gasteiger partial charge in [0.05, 0.1) is 7.11 Å². The molecule has 0 bridgehead atoms. The molecule has 0 aliphatic rings.